The molecule has 1 aromatic heterocycles. The second-order valence-corrected chi connectivity index (χ2v) is 6.47. The van der Waals surface area contributed by atoms with Crippen molar-refractivity contribution in [1.29, 1.82) is 0 Å². The first-order valence-corrected chi connectivity index (χ1v) is 9.51. The van der Waals surface area contributed by atoms with Gasteiger partial charge in [-0.25, -0.2) is 4.39 Å². The van der Waals surface area contributed by atoms with Crippen molar-refractivity contribution in [1.82, 2.24) is 9.78 Å². The van der Waals surface area contributed by atoms with Crippen LogP contribution in [0.5, 0.6) is 17.4 Å². The third-order valence-corrected chi connectivity index (χ3v) is 4.42. The molecular formula is C22H22FN3O5. The molecule has 0 bridgehead atoms. The van der Waals surface area contributed by atoms with Gasteiger partial charge in [-0.3, -0.25) is 9.59 Å². The largest absolute Gasteiger partial charge is 0.493 e. The Balaban J connectivity index is 1.77. The van der Waals surface area contributed by atoms with Gasteiger partial charge in [0.1, 0.15) is 5.82 Å². The van der Waals surface area contributed by atoms with E-state index in [2.05, 4.69) is 10.4 Å². The Bertz CT molecular complexity index is 1110. The van der Waals surface area contributed by atoms with Crippen LogP contribution in [0.3, 0.4) is 0 Å². The summed E-state index contributed by atoms with van der Waals surface area (Å²) in [6.07, 6.45) is -0.504. The molecule has 9 heteroatoms. The maximum absolute atomic E-state index is 13.2. The third kappa shape index (κ3) is 5.19. The topological polar surface area (TPSA) is 91.7 Å². The van der Waals surface area contributed by atoms with Gasteiger partial charge < -0.3 is 19.5 Å². The van der Waals surface area contributed by atoms with Gasteiger partial charge in [0.15, 0.2) is 17.6 Å². The van der Waals surface area contributed by atoms with Crippen molar-refractivity contribution < 1.29 is 23.4 Å². The van der Waals surface area contributed by atoms with Crippen LogP contribution in [0.25, 0.3) is 5.69 Å². The number of nitrogens with one attached hydrogen (secondary N) is 1. The molecule has 0 aliphatic heterocycles. The van der Waals surface area contributed by atoms with E-state index < -0.39 is 23.4 Å². The predicted molar refractivity (Wildman–Crippen MR) is 113 cm³/mol. The zero-order valence-electron chi connectivity index (χ0n) is 17.3. The third-order valence-electron chi connectivity index (χ3n) is 4.42. The minimum absolute atomic E-state index is 0.0817. The molecule has 1 atom stereocenters. The Labute approximate surface area is 178 Å². The molecule has 0 fully saturated rings. The van der Waals surface area contributed by atoms with E-state index in [1.807, 2.05) is 0 Å². The Morgan fingerprint density at radius 2 is 1.77 bits per heavy atom. The highest BCUT2D eigenvalue weighted by Gasteiger charge is 2.20. The van der Waals surface area contributed by atoms with E-state index in [4.69, 9.17) is 14.2 Å². The second kappa shape index (κ2) is 9.75. The summed E-state index contributed by atoms with van der Waals surface area (Å²) < 4.78 is 30.4. The molecule has 1 heterocycles. The van der Waals surface area contributed by atoms with E-state index in [0.717, 1.165) is 4.68 Å². The molecule has 8 nitrogen and oxygen atoms in total. The van der Waals surface area contributed by atoms with E-state index in [0.29, 0.717) is 29.3 Å². The number of halogens is 1. The molecule has 0 unspecified atom stereocenters. The van der Waals surface area contributed by atoms with Gasteiger partial charge in [0.25, 0.3) is 11.5 Å². The summed E-state index contributed by atoms with van der Waals surface area (Å²) in [6, 6.07) is 12.9. The van der Waals surface area contributed by atoms with Crippen molar-refractivity contribution in [2.45, 2.75) is 19.4 Å². The Kier molecular flexibility index (Phi) is 6.86. The second-order valence-electron chi connectivity index (χ2n) is 6.47. The van der Waals surface area contributed by atoms with Crippen molar-refractivity contribution in [3.63, 3.8) is 0 Å². The van der Waals surface area contributed by atoms with Gasteiger partial charge in [-0.2, -0.15) is 4.68 Å². The van der Waals surface area contributed by atoms with E-state index in [-0.39, 0.29) is 5.88 Å². The van der Waals surface area contributed by atoms with Gasteiger partial charge in [0.05, 0.1) is 19.9 Å². The predicted octanol–water partition coefficient (Wildman–Crippen LogP) is 3.18. The van der Waals surface area contributed by atoms with E-state index in [1.54, 1.807) is 25.1 Å². The molecule has 0 spiro atoms. The molecule has 0 aliphatic rings. The van der Waals surface area contributed by atoms with Crippen LogP contribution >= 0.6 is 0 Å². The average molecular weight is 427 g/mol. The van der Waals surface area contributed by atoms with E-state index in [9.17, 15) is 14.0 Å². The van der Waals surface area contributed by atoms with Gasteiger partial charge in [-0.15, -0.1) is 5.10 Å². The fourth-order valence-corrected chi connectivity index (χ4v) is 2.83. The summed E-state index contributed by atoms with van der Waals surface area (Å²) in [5.74, 6) is 0.273. The van der Waals surface area contributed by atoms with Gasteiger partial charge in [0, 0.05) is 23.9 Å². The molecule has 0 saturated heterocycles. The number of aromatic nitrogens is 2. The number of anilines is 1. The van der Waals surface area contributed by atoms with Crippen LogP contribution in [0.1, 0.15) is 13.3 Å². The number of rotatable bonds is 8. The Morgan fingerprint density at radius 1 is 1.06 bits per heavy atom. The molecule has 1 N–H and O–H groups in total. The van der Waals surface area contributed by atoms with Crippen molar-refractivity contribution in [3.05, 3.63) is 70.8 Å². The summed E-state index contributed by atoms with van der Waals surface area (Å²) in [6.45, 7) is 1.79. The number of hydrogen-bond donors (Lipinski definition) is 1. The summed E-state index contributed by atoms with van der Waals surface area (Å²) in [5.41, 5.74) is 0.468. The minimum Gasteiger partial charge on any atom is -0.493 e. The molecule has 0 aliphatic carbocycles. The van der Waals surface area contributed by atoms with Crippen LogP contribution in [0, 0.1) is 5.82 Å². The highest BCUT2D eigenvalue weighted by Crippen LogP contribution is 2.29. The molecule has 3 rings (SSSR count). The number of methoxy groups -OCH3 is 2. The molecule has 0 saturated carbocycles. The standard InChI is InChI=1S/C22H22FN3O5/c1-4-17(22(28)24-15-7-10-18(29-2)19(13-15)30-3)31-20-11-12-21(27)26(25-20)16-8-5-14(23)6-9-16/h5-13,17H,4H2,1-3H3,(H,24,28)/t17-/m1/s1. The highest BCUT2D eigenvalue weighted by molar-refractivity contribution is 5.94. The van der Waals surface area contributed by atoms with E-state index >= 15 is 0 Å². The first-order chi connectivity index (χ1) is 14.9. The zero-order chi connectivity index (χ0) is 22.4. The molecule has 31 heavy (non-hydrogen) atoms. The SMILES string of the molecule is CC[C@@H](Oc1ccc(=O)n(-c2ccc(F)cc2)n1)C(=O)Nc1ccc(OC)c(OC)c1. The van der Waals surface area contributed by atoms with Crippen molar-refractivity contribution in [2.75, 3.05) is 19.5 Å². The van der Waals surface area contributed by atoms with Crippen molar-refractivity contribution >= 4 is 11.6 Å². The Hall–Kier alpha value is -3.88. The normalized spacial score (nSPS) is 11.5. The number of nitrogens with zero attached hydrogens (tertiary/aromatic N) is 2. The molecule has 2 aromatic carbocycles. The Morgan fingerprint density at radius 3 is 2.42 bits per heavy atom. The average Bonchev–Trinajstić information content (AvgIpc) is 2.78. The number of carbonyl (C=O) groups excluding carboxylic acids is 1. The monoisotopic (exact) mass is 427 g/mol. The van der Waals surface area contributed by atoms with Crippen molar-refractivity contribution in [2.24, 2.45) is 0 Å². The number of ether oxygens (including phenoxy) is 3. The fraction of sp³-hybridized carbons (Fsp3) is 0.227. The lowest BCUT2D eigenvalue weighted by Gasteiger charge is -2.18. The number of benzene rings is 2. The van der Waals surface area contributed by atoms with Gasteiger partial charge >= 0.3 is 0 Å². The van der Waals surface area contributed by atoms with Crippen LogP contribution in [0.2, 0.25) is 0 Å². The zero-order valence-corrected chi connectivity index (χ0v) is 17.3. The van der Waals surface area contributed by atoms with Gasteiger partial charge in [0.2, 0.25) is 5.88 Å². The molecule has 162 valence electrons. The molecule has 3 aromatic rings. The summed E-state index contributed by atoms with van der Waals surface area (Å²) in [4.78, 5) is 24.9. The number of hydrogen-bond acceptors (Lipinski definition) is 6. The lowest BCUT2D eigenvalue weighted by molar-refractivity contribution is -0.123. The van der Waals surface area contributed by atoms with Crippen LogP contribution < -0.4 is 25.1 Å². The smallest absolute Gasteiger partial charge is 0.271 e. The van der Waals surface area contributed by atoms with Gasteiger partial charge in [-0.05, 0) is 42.8 Å². The number of carbonyl (C=O) groups is 1. The molecular weight excluding hydrogens is 405 g/mol. The molecule has 0 radical (unpaired) electrons. The lowest BCUT2D eigenvalue weighted by atomic mass is 10.2. The van der Waals surface area contributed by atoms with Crippen molar-refractivity contribution in [3.8, 4) is 23.1 Å². The van der Waals surface area contributed by atoms with Crippen LogP contribution in [-0.2, 0) is 4.79 Å². The fourth-order valence-electron chi connectivity index (χ4n) is 2.83. The summed E-state index contributed by atoms with van der Waals surface area (Å²) >= 11 is 0. The van der Waals surface area contributed by atoms with Gasteiger partial charge in [-0.1, -0.05) is 6.92 Å². The van der Waals surface area contributed by atoms with Crippen LogP contribution in [0.15, 0.2) is 59.4 Å². The van der Waals surface area contributed by atoms with E-state index in [1.165, 1.54) is 50.6 Å². The quantitative estimate of drug-likeness (QED) is 0.594. The summed E-state index contributed by atoms with van der Waals surface area (Å²) in [7, 11) is 3.03. The van der Waals surface area contributed by atoms with Crippen LogP contribution in [0.4, 0.5) is 10.1 Å². The first kappa shape index (κ1) is 21.8. The highest BCUT2D eigenvalue weighted by atomic mass is 19.1. The lowest BCUT2D eigenvalue weighted by Crippen LogP contribution is -2.33. The van der Waals surface area contributed by atoms with Crippen LogP contribution in [-0.4, -0.2) is 36.0 Å². The maximum atomic E-state index is 13.2. The first-order valence-electron chi connectivity index (χ1n) is 9.51. The summed E-state index contributed by atoms with van der Waals surface area (Å²) in [5, 5.41) is 6.91. The maximum Gasteiger partial charge on any atom is 0.271 e. The molecule has 1 amide bonds. The minimum atomic E-state index is -0.861. The number of amides is 1.